The summed E-state index contributed by atoms with van der Waals surface area (Å²) >= 11 is 0. The Morgan fingerprint density at radius 2 is 1.90 bits per heavy atom. The second-order valence-electron chi connectivity index (χ2n) is 8.98. The maximum absolute atomic E-state index is 12.8. The molecule has 1 saturated heterocycles. The van der Waals surface area contributed by atoms with Crippen LogP contribution in [0.4, 0.5) is 4.79 Å². The molecule has 2 atom stereocenters. The lowest BCUT2D eigenvalue weighted by Gasteiger charge is -2.41. The van der Waals surface area contributed by atoms with Crippen molar-refractivity contribution in [1.29, 1.82) is 0 Å². The van der Waals surface area contributed by atoms with Crippen LogP contribution in [0.2, 0.25) is 0 Å². The number of piperidine rings is 1. The molecule has 2 aliphatic rings. The van der Waals surface area contributed by atoms with Crippen LogP contribution in [-0.2, 0) is 11.8 Å². The van der Waals surface area contributed by atoms with E-state index in [1.54, 1.807) is 0 Å². The number of hydrogen-bond donors (Lipinski definition) is 1. The minimum atomic E-state index is 0.0181. The number of carbonyl (C=O) groups excluding carboxylic acids is 1. The van der Waals surface area contributed by atoms with E-state index in [1.807, 2.05) is 29.7 Å². The monoisotopic (exact) mass is 424 g/mol. The molecule has 31 heavy (non-hydrogen) atoms. The van der Waals surface area contributed by atoms with Crippen LogP contribution >= 0.6 is 0 Å². The summed E-state index contributed by atoms with van der Waals surface area (Å²) in [5.74, 6) is 0.863. The molecule has 1 aromatic carbocycles. The normalized spacial score (nSPS) is 26.6. The first-order chi connectivity index (χ1) is 15.2. The van der Waals surface area contributed by atoms with Gasteiger partial charge in [0.2, 0.25) is 0 Å². The zero-order valence-corrected chi connectivity index (χ0v) is 18.9. The fourth-order valence-electron chi connectivity index (χ4n) is 5.27. The van der Waals surface area contributed by atoms with Crippen LogP contribution in [0.5, 0.6) is 0 Å². The highest BCUT2D eigenvalue weighted by molar-refractivity contribution is 5.74. The zero-order valence-electron chi connectivity index (χ0n) is 18.9. The number of nitrogens with zero attached hydrogens (tertiary/aromatic N) is 3. The van der Waals surface area contributed by atoms with E-state index in [1.165, 1.54) is 18.4 Å². The van der Waals surface area contributed by atoms with Crippen molar-refractivity contribution in [3.8, 4) is 0 Å². The summed E-state index contributed by atoms with van der Waals surface area (Å²) in [6, 6.07) is 13.0. The molecule has 6 nitrogen and oxygen atoms in total. The van der Waals surface area contributed by atoms with Gasteiger partial charge in [-0.3, -0.25) is 4.68 Å². The topological polar surface area (TPSA) is 59.4 Å². The van der Waals surface area contributed by atoms with Crippen LogP contribution in [0, 0.1) is 0 Å². The summed E-state index contributed by atoms with van der Waals surface area (Å²) in [5, 5.41) is 7.66. The molecule has 0 radical (unpaired) electrons. The fourth-order valence-corrected chi connectivity index (χ4v) is 5.27. The van der Waals surface area contributed by atoms with Crippen LogP contribution in [-0.4, -0.2) is 52.6 Å². The van der Waals surface area contributed by atoms with E-state index in [9.17, 15) is 4.79 Å². The minimum Gasteiger partial charge on any atom is -0.376 e. The van der Waals surface area contributed by atoms with Crippen LogP contribution in [0.25, 0.3) is 0 Å². The second kappa shape index (κ2) is 10.3. The number of likely N-dealkylation sites (tertiary alicyclic amines) is 1. The predicted octanol–water partition coefficient (Wildman–Crippen LogP) is 4.44. The van der Waals surface area contributed by atoms with Gasteiger partial charge in [-0.15, -0.1) is 0 Å². The number of carbonyl (C=O) groups is 1. The fraction of sp³-hybridized carbons (Fsp3) is 0.600. The van der Waals surface area contributed by atoms with Crippen molar-refractivity contribution in [3.05, 3.63) is 53.9 Å². The summed E-state index contributed by atoms with van der Waals surface area (Å²) in [6.07, 6.45) is 8.82. The third kappa shape index (κ3) is 5.29. The lowest BCUT2D eigenvalue weighted by Crippen LogP contribution is -2.53. The molecule has 0 spiro atoms. The van der Waals surface area contributed by atoms with Crippen molar-refractivity contribution < 1.29 is 9.53 Å². The Bertz CT molecular complexity index is 829. The van der Waals surface area contributed by atoms with Crippen LogP contribution in [0.15, 0.2) is 42.6 Å². The number of aromatic nitrogens is 2. The van der Waals surface area contributed by atoms with E-state index in [2.05, 4.69) is 46.8 Å². The molecular weight excluding hydrogens is 388 g/mol. The third-order valence-electron chi connectivity index (χ3n) is 6.93. The highest BCUT2D eigenvalue weighted by Crippen LogP contribution is 2.36. The number of amides is 2. The van der Waals surface area contributed by atoms with E-state index < -0.39 is 0 Å². The minimum absolute atomic E-state index is 0.0181. The SMILES string of the molecule is CCNC(=O)N1CCCC(c2ccn(C)n2)[C@@H]1COC1CCC(c2ccccc2)CC1. The Kier molecular flexibility index (Phi) is 7.28. The average molecular weight is 425 g/mol. The van der Waals surface area contributed by atoms with Gasteiger partial charge in [-0.1, -0.05) is 30.3 Å². The van der Waals surface area contributed by atoms with Gasteiger partial charge in [0.1, 0.15) is 0 Å². The molecule has 1 aliphatic carbocycles. The van der Waals surface area contributed by atoms with Crippen molar-refractivity contribution in [2.45, 2.75) is 69.4 Å². The highest BCUT2D eigenvalue weighted by atomic mass is 16.5. The number of hydrogen-bond acceptors (Lipinski definition) is 3. The maximum atomic E-state index is 12.8. The van der Waals surface area contributed by atoms with Crippen molar-refractivity contribution in [2.24, 2.45) is 7.05 Å². The summed E-state index contributed by atoms with van der Waals surface area (Å²) in [5.41, 5.74) is 2.52. The molecule has 1 saturated carbocycles. The highest BCUT2D eigenvalue weighted by Gasteiger charge is 2.37. The van der Waals surface area contributed by atoms with E-state index >= 15 is 0 Å². The lowest BCUT2D eigenvalue weighted by atomic mass is 9.82. The summed E-state index contributed by atoms with van der Waals surface area (Å²) in [6.45, 7) is 3.97. The van der Waals surface area contributed by atoms with E-state index in [0.717, 1.165) is 37.9 Å². The molecule has 1 unspecified atom stereocenters. The lowest BCUT2D eigenvalue weighted by molar-refractivity contribution is -0.0171. The molecule has 1 N–H and O–H groups in total. The van der Waals surface area contributed by atoms with Gasteiger partial charge in [0.05, 0.1) is 24.4 Å². The largest absolute Gasteiger partial charge is 0.376 e. The first kappa shape index (κ1) is 21.9. The number of benzene rings is 1. The standard InChI is InChI=1S/C25H36N4O2/c1-3-26-25(30)29-16-7-10-22(23-15-17-28(2)27-23)24(29)18-31-21-13-11-20(12-14-21)19-8-5-4-6-9-19/h4-6,8-9,15,17,20-22,24H,3,7,10-14,16,18H2,1-2H3,(H,26,30)/t20?,21?,22?,24-/m0/s1. The molecule has 0 bridgehead atoms. The maximum Gasteiger partial charge on any atom is 0.317 e. The van der Waals surface area contributed by atoms with Gasteiger partial charge in [0, 0.05) is 32.3 Å². The number of urea groups is 1. The van der Waals surface area contributed by atoms with Gasteiger partial charge in [0.25, 0.3) is 0 Å². The van der Waals surface area contributed by atoms with Crippen molar-refractivity contribution in [1.82, 2.24) is 20.0 Å². The first-order valence-corrected chi connectivity index (χ1v) is 11.9. The van der Waals surface area contributed by atoms with Gasteiger partial charge in [0.15, 0.2) is 0 Å². The Balaban J connectivity index is 1.39. The van der Waals surface area contributed by atoms with Crippen molar-refractivity contribution in [2.75, 3.05) is 19.7 Å². The Morgan fingerprint density at radius 3 is 2.58 bits per heavy atom. The summed E-state index contributed by atoms with van der Waals surface area (Å²) in [4.78, 5) is 14.8. The van der Waals surface area contributed by atoms with Crippen LogP contribution < -0.4 is 5.32 Å². The molecular formula is C25H36N4O2. The molecule has 1 aromatic heterocycles. The van der Waals surface area contributed by atoms with Gasteiger partial charge in [-0.2, -0.15) is 5.10 Å². The Morgan fingerprint density at radius 1 is 1.13 bits per heavy atom. The number of aryl methyl sites for hydroxylation is 1. The van der Waals surface area contributed by atoms with Crippen LogP contribution in [0.1, 0.15) is 68.5 Å². The molecule has 2 aromatic rings. The van der Waals surface area contributed by atoms with Gasteiger partial charge in [-0.05, 0) is 63.0 Å². The van der Waals surface area contributed by atoms with Crippen molar-refractivity contribution >= 4 is 6.03 Å². The smallest absolute Gasteiger partial charge is 0.317 e. The van der Waals surface area contributed by atoms with Gasteiger partial charge < -0.3 is 15.0 Å². The molecule has 168 valence electrons. The third-order valence-corrected chi connectivity index (χ3v) is 6.93. The Hall–Kier alpha value is -2.34. The van der Waals surface area contributed by atoms with Crippen molar-refractivity contribution in [3.63, 3.8) is 0 Å². The average Bonchev–Trinajstić information content (AvgIpc) is 3.24. The number of rotatable bonds is 6. The molecule has 2 heterocycles. The molecule has 6 heteroatoms. The predicted molar refractivity (Wildman–Crippen MR) is 122 cm³/mol. The molecule has 4 rings (SSSR count). The second-order valence-corrected chi connectivity index (χ2v) is 8.98. The van der Waals surface area contributed by atoms with Crippen LogP contribution in [0.3, 0.4) is 0 Å². The van der Waals surface area contributed by atoms with E-state index in [0.29, 0.717) is 19.1 Å². The molecule has 2 amide bonds. The zero-order chi connectivity index (χ0) is 21.6. The van der Waals surface area contributed by atoms with Gasteiger partial charge in [-0.25, -0.2) is 4.79 Å². The number of nitrogens with one attached hydrogen (secondary N) is 1. The van der Waals surface area contributed by atoms with E-state index in [4.69, 9.17) is 4.74 Å². The number of ether oxygens (including phenoxy) is 1. The van der Waals surface area contributed by atoms with E-state index in [-0.39, 0.29) is 24.1 Å². The molecule has 1 aliphatic heterocycles. The first-order valence-electron chi connectivity index (χ1n) is 11.9. The quantitative estimate of drug-likeness (QED) is 0.746. The summed E-state index contributed by atoms with van der Waals surface area (Å²) < 4.78 is 8.32. The molecule has 2 fully saturated rings. The Labute approximate surface area is 186 Å². The van der Waals surface area contributed by atoms with Gasteiger partial charge >= 0.3 is 6.03 Å². The summed E-state index contributed by atoms with van der Waals surface area (Å²) in [7, 11) is 1.95.